The van der Waals surface area contributed by atoms with E-state index < -0.39 is 6.10 Å². The van der Waals surface area contributed by atoms with Crippen LogP contribution in [-0.2, 0) is 0 Å². The van der Waals surface area contributed by atoms with Gasteiger partial charge in [-0.25, -0.2) is 4.79 Å². The van der Waals surface area contributed by atoms with Crippen molar-refractivity contribution < 1.29 is 15.0 Å². The Hall–Kier alpha value is -1.59. The molecule has 0 saturated heterocycles. The van der Waals surface area contributed by atoms with Crippen LogP contribution in [0.15, 0.2) is 24.3 Å². The van der Waals surface area contributed by atoms with Crippen molar-refractivity contribution in [2.24, 2.45) is 0 Å². The first-order valence-electron chi connectivity index (χ1n) is 6.95. The summed E-state index contributed by atoms with van der Waals surface area (Å²) in [5.41, 5.74) is 1.45. The van der Waals surface area contributed by atoms with Gasteiger partial charge < -0.3 is 20.4 Å². The van der Waals surface area contributed by atoms with E-state index in [0.717, 1.165) is 24.8 Å². The minimum atomic E-state index is -0.553. The molecule has 0 bridgehead atoms. The number of carbonyl (C=O) groups excluding carboxylic acids is 1. The van der Waals surface area contributed by atoms with Gasteiger partial charge in [-0.05, 0) is 43.9 Å². The van der Waals surface area contributed by atoms with E-state index in [2.05, 4.69) is 5.32 Å². The Morgan fingerprint density at radius 1 is 1.35 bits per heavy atom. The molecule has 1 aromatic carbocycles. The normalized spacial score (nSPS) is 12.0. The molecular weight excluding hydrogens is 256 g/mol. The van der Waals surface area contributed by atoms with Crippen LogP contribution in [0.3, 0.4) is 0 Å². The second-order valence-corrected chi connectivity index (χ2v) is 4.94. The maximum absolute atomic E-state index is 12.0. The maximum Gasteiger partial charge on any atom is 0.321 e. The van der Waals surface area contributed by atoms with Crippen LogP contribution in [-0.4, -0.2) is 41.3 Å². The van der Waals surface area contributed by atoms with Crippen molar-refractivity contribution in [3.05, 3.63) is 29.8 Å². The third-order valence-corrected chi connectivity index (χ3v) is 3.12. The molecule has 0 aromatic heterocycles. The number of carbonyl (C=O) groups is 1. The number of benzene rings is 1. The van der Waals surface area contributed by atoms with Crippen LogP contribution in [0.25, 0.3) is 0 Å². The van der Waals surface area contributed by atoms with Crippen LogP contribution in [0.5, 0.6) is 0 Å². The molecule has 0 heterocycles. The molecule has 0 aliphatic carbocycles. The third-order valence-electron chi connectivity index (χ3n) is 3.12. The molecule has 0 spiro atoms. The smallest absolute Gasteiger partial charge is 0.321 e. The SMILES string of the molecule is CC(O)c1cccc(NC(=O)N(C)CCCCCO)c1. The van der Waals surface area contributed by atoms with E-state index in [9.17, 15) is 9.90 Å². The number of rotatable bonds is 7. The summed E-state index contributed by atoms with van der Waals surface area (Å²) in [6, 6.07) is 7.01. The maximum atomic E-state index is 12.0. The lowest BCUT2D eigenvalue weighted by molar-refractivity contribution is 0.199. The molecule has 1 aromatic rings. The Bertz CT molecular complexity index is 421. The molecule has 20 heavy (non-hydrogen) atoms. The fourth-order valence-corrected chi connectivity index (χ4v) is 1.83. The molecule has 0 aliphatic heterocycles. The monoisotopic (exact) mass is 280 g/mol. The van der Waals surface area contributed by atoms with Gasteiger partial charge in [0.25, 0.3) is 0 Å². The summed E-state index contributed by atoms with van der Waals surface area (Å²) in [6.45, 7) is 2.54. The lowest BCUT2D eigenvalue weighted by Gasteiger charge is -2.18. The number of nitrogens with zero attached hydrogens (tertiary/aromatic N) is 1. The number of aliphatic hydroxyl groups excluding tert-OH is 2. The summed E-state index contributed by atoms with van der Waals surface area (Å²) in [6.07, 6.45) is 2.00. The number of anilines is 1. The average molecular weight is 280 g/mol. The number of urea groups is 1. The van der Waals surface area contributed by atoms with Gasteiger partial charge >= 0.3 is 6.03 Å². The highest BCUT2D eigenvalue weighted by molar-refractivity contribution is 5.89. The zero-order valence-corrected chi connectivity index (χ0v) is 12.2. The van der Waals surface area contributed by atoms with Gasteiger partial charge in [0.2, 0.25) is 0 Å². The fraction of sp³-hybridized carbons (Fsp3) is 0.533. The zero-order valence-electron chi connectivity index (χ0n) is 12.2. The van der Waals surface area contributed by atoms with Gasteiger partial charge in [0.1, 0.15) is 0 Å². The lowest BCUT2D eigenvalue weighted by atomic mass is 10.1. The highest BCUT2D eigenvalue weighted by Gasteiger charge is 2.09. The van der Waals surface area contributed by atoms with E-state index >= 15 is 0 Å². The van der Waals surface area contributed by atoms with Gasteiger partial charge in [0.15, 0.2) is 0 Å². The van der Waals surface area contributed by atoms with E-state index in [1.807, 2.05) is 6.07 Å². The molecule has 3 N–H and O–H groups in total. The molecule has 2 amide bonds. The number of aliphatic hydroxyl groups is 2. The molecule has 0 aliphatic rings. The molecule has 0 fully saturated rings. The van der Waals surface area contributed by atoms with Gasteiger partial charge in [0.05, 0.1) is 6.10 Å². The Labute approximate surface area is 120 Å². The van der Waals surface area contributed by atoms with E-state index in [1.54, 1.807) is 37.1 Å². The quantitative estimate of drug-likeness (QED) is 0.671. The summed E-state index contributed by atoms with van der Waals surface area (Å²) < 4.78 is 0. The molecule has 112 valence electrons. The summed E-state index contributed by atoms with van der Waals surface area (Å²) >= 11 is 0. The van der Waals surface area contributed by atoms with E-state index in [-0.39, 0.29) is 12.6 Å². The molecular formula is C15H24N2O3. The van der Waals surface area contributed by atoms with Gasteiger partial charge in [-0.3, -0.25) is 0 Å². The third kappa shape index (κ3) is 5.59. The Kier molecular flexibility index (Phi) is 7.04. The fourth-order valence-electron chi connectivity index (χ4n) is 1.83. The largest absolute Gasteiger partial charge is 0.396 e. The van der Waals surface area contributed by atoms with Crippen molar-refractivity contribution in [2.75, 3.05) is 25.5 Å². The molecule has 1 unspecified atom stereocenters. The lowest BCUT2D eigenvalue weighted by Crippen LogP contribution is -2.32. The van der Waals surface area contributed by atoms with Crippen molar-refractivity contribution in [3.63, 3.8) is 0 Å². The van der Waals surface area contributed by atoms with E-state index in [0.29, 0.717) is 12.2 Å². The molecule has 5 nitrogen and oxygen atoms in total. The standard InChI is InChI=1S/C15H24N2O3/c1-12(19)13-7-6-8-14(11-13)16-15(20)17(2)9-4-3-5-10-18/h6-8,11-12,18-19H,3-5,9-10H2,1-2H3,(H,16,20). The number of hydrogen-bond acceptors (Lipinski definition) is 3. The van der Waals surface area contributed by atoms with Crippen LogP contribution < -0.4 is 5.32 Å². The van der Waals surface area contributed by atoms with Crippen molar-refractivity contribution >= 4 is 11.7 Å². The summed E-state index contributed by atoms with van der Waals surface area (Å²) in [7, 11) is 1.74. The molecule has 5 heteroatoms. The van der Waals surface area contributed by atoms with Gasteiger partial charge in [-0.1, -0.05) is 12.1 Å². The first kappa shape index (κ1) is 16.5. The van der Waals surface area contributed by atoms with E-state index in [1.165, 1.54) is 0 Å². The van der Waals surface area contributed by atoms with Crippen molar-refractivity contribution in [1.29, 1.82) is 0 Å². The Morgan fingerprint density at radius 2 is 2.10 bits per heavy atom. The summed E-state index contributed by atoms with van der Waals surface area (Å²) in [5.74, 6) is 0. The van der Waals surface area contributed by atoms with Gasteiger partial charge in [0, 0.05) is 25.9 Å². The number of amides is 2. The highest BCUT2D eigenvalue weighted by Crippen LogP contribution is 2.17. The summed E-state index contributed by atoms with van der Waals surface area (Å²) in [4.78, 5) is 13.6. The second-order valence-electron chi connectivity index (χ2n) is 4.94. The minimum absolute atomic E-state index is 0.170. The molecule has 0 saturated carbocycles. The van der Waals surface area contributed by atoms with Gasteiger partial charge in [-0.15, -0.1) is 0 Å². The van der Waals surface area contributed by atoms with Crippen LogP contribution in [0.2, 0.25) is 0 Å². The minimum Gasteiger partial charge on any atom is -0.396 e. The van der Waals surface area contributed by atoms with Crippen molar-refractivity contribution in [2.45, 2.75) is 32.3 Å². The van der Waals surface area contributed by atoms with Crippen LogP contribution in [0.1, 0.15) is 37.9 Å². The number of hydrogen-bond donors (Lipinski definition) is 3. The predicted molar refractivity (Wildman–Crippen MR) is 79.7 cm³/mol. The molecule has 0 radical (unpaired) electrons. The first-order valence-corrected chi connectivity index (χ1v) is 6.95. The average Bonchev–Trinajstić information content (AvgIpc) is 2.43. The molecule has 1 atom stereocenters. The molecule has 1 rings (SSSR count). The number of unbranched alkanes of at least 4 members (excludes halogenated alkanes) is 2. The Balaban J connectivity index is 2.46. The van der Waals surface area contributed by atoms with Crippen molar-refractivity contribution in [1.82, 2.24) is 4.90 Å². The van der Waals surface area contributed by atoms with Crippen LogP contribution >= 0.6 is 0 Å². The zero-order chi connectivity index (χ0) is 15.0. The van der Waals surface area contributed by atoms with Crippen molar-refractivity contribution in [3.8, 4) is 0 Å². The number of nitrogens with one attached hydrogen (secondary N) is 1. The first-order chi connectivity index (χ1) is 9.54. The van der Waals surface area contributed by atoms with Crippen LogP contribution in [0.4, 0.5) is 10.5 Å². The Morgan fingerprint density at radius 3 is 2.75 bits per heavy atom. The highest BCUT2D eigenvalue weighted by atomic mass is 16.3. The van der Waals surface area contributed by atoms with E-state index in [4.69, 9.17) is 5.11 Å². The van der Waals surface area contributed by atoms with Crippen LogP contribution in [0, 0.1) is 0 Å². The predicted octanol–water partition coefficient (Wildman–Crippen LogP) is 2.37. The topological polar surface area (TPSA) is 72.8 Å². The summed E-state index contributed by atoms with van der Waals surface area (Å²) in [5, 5.41) is 21.0. The van der Waals surface area contributed by atoms with Gasteiger partial charge in [-0.2, -0.15) is 0 Å². The second kappa shape index (κ2) is 8.55.